The Bertz CT molecular complexity index is 1030. The van der Waals surface area contributed by atoms with Crippen molar-refractivity contribution in [1.29, 1.82) is 0 Å². The summed E-state index contributed by atoms with van der Waals surface area (Å²) >= 11 is 5.99. The van der Waals surface area contributed by atoms with Crippen molar-refractivity contribution in [3.8, 4) is 0 Å². The van der Waals surface area contributed by atoms with Gasteiger partial charge in [-0.3, -0.25) is 0 Å². The molecule has 0 aliphatic carbocycles. The van der Waals surface area contributed by atoms with Gasteiger partial charge in [-0.15, -0.1) is 0 Å². The van der Waals surface area contributed by atoms with E-state index >= 15 is 0 Å². The first-order valence-electron chi connectivity index (χ1n) is 7.72. The van der Waals surface area contributed by atoms with Crippen molar-refractivity contribution in [2.45, 2.75) is 24.2 Å². The van der Waals surface area contributed by atoms with Crippen molar-refractivity contribution in [3.05, 3.63) is 65.1 Å². The van der Waals surface area contributed by atoms with Crippen molar-refractivity contribution in [2.75, 3.05) is 6.54 Å². The molecule has 0 fully saturated rings. The summed E-state index contributed by atoms with van der Waals surface area (Å²) in [6.07, 6.45) is 1.79. The SMILES string of the molecule is CC(C)(CNS(=O)(=O)c1ccccc1Cl)c1c[nH]c2ccc(F)cc12. The maximum Gasteiger partial charge on any atom is 0.242 e. The zero-order valence-electron chi connectivity index (χ0n) is 13.8. The second-order valence-corrected chi connectivity index (χ2v) is 8.67. The van der Waals surface area contributed by atoms with Gasteiger partial charge in [-0.25, -0.2) is 17.5 Å². The van der Waals surface area contributed by atoms with E-state index in [9.17, 15) is 12.8 Å². The van der Waals surface area contributed by atoms with Crippen LogP contribution in [0.15, 0.2) is 53.6 Å². The lowest BCUT2D eigenvalue weighted by atomic mass is 9.85. The Balaban J connectivity index is 1.89. The third kappa shape index (κ3) is 3.56. The monoisotopic (exact) mass is 380 g/mol. The van der Waals surface area contributed by atoms with Gasteiger partial charge in [0.2, 0.25) is 10.0 Å². The Morgan fingerprint density at radius 3 is 2.64 bits per heavy atom. The predicted molar refractivity (Wildman–Crippen MR) is 97.9 cm³/mol. The second kappa shape index (κ2) is 6.44. The first-order valence-corrected chi connectivity index (χ1v) is 9.58. The van der Waals surface area contributed by atoms with Crippen molar-refractivity contribution in [1.82, 2.24) is 9.71 Å². The minimum Gasteiger partial charge on any atom is -0.361 e. The molecule has 1 heterocycles. The third-order valence-corrected chi connectivity index (χ3v) is 6.10. The number of hydrogen-bond donors (Lipinski definition) is 2. The summed E-state index contributed by atoms with van der Waals surface area (Å²) in [5, 5.41) is 0.906. The minimum absolute atomic E-state index is 0.0393. The van der Waals surface area contributed by atoms with Gasteiger partial charge in [0.15, 0.2) is 0 Å². The Morgan fingerprint density at radius 2 is 1.92 bits per heavy atom. The lowest BCUT2D eigenvalue weighted by Gasteiger charge is -2.25. The number of nitrogens with one attached hydrogen (secondary N) is 2. The summed E-state index contributed by atoms with van der Waals surface area (Å²) in [5.41, 5.74) is 1.09. The van der Waals surface area contributed by atoms with E-state index in [-0.39, 0.29) is 22.3 Å². The summed E-state index contributed by atoms with van der Waals surface area (Å²) in [4.78, 5) is 3.13. The van der Waals surface area contributed by atoms with E-state index < -0.39 is 15.4 Å². The van der Waals surface area contributed by atoms with Crippen LogP contribution in [0.3, 0.4) is 0 Å². The molecule has 0 aliphatic rings. The van der Waals surface area contributed by atoms with Crippen LogP contribution in [0.2, 0.25) is 5.02 Å². The molecule has 2 aromatic carbocycles. The second-order valence-electron chi connectivity index (χ2n) is 6.53. The molecule has 0 atom stereocenters. The molecule has 3 rings (SSSR count). The highest BCUT2D eigenvalue weighted by atomic mass is 35.5. The van der Waals surface area contributed by atoms with Gasteiger partial charge in [-0.1, -0.05) is 37.6 Å². The summed E-state index contributed by atoms with van der Waals surface area (Å²) < 4.78 is 41.2. The fraction of sp³-hybridized carbons (Fsp3) is 0.222. The van der Waals surface area contributed by atoms with Crippen LogP contribution >= 0.6 is 11.6 Å². The quantitative estimate of drug-likeness (QED) is 0.696. The zero-order valence-corrected chi connectivity index (χ0v) is 15.4. The van der Waals surface area contributed by atoms with Gasteiger partial charge in [-0.2, -0.15) is 0 Å². The normalized spacial score (nSPS) is 12.6. The predicted octanol–water partition coefficient (Wildman–Crippen LogP) is 4.22. The summed E-state index contributed by atoms with van der Waals surface area (Å²) in [7, 11) is -3.74. The van der Waals surface area contributed by atoms with E-state index in [2.05, 4.69) is 9.71 Å². The van der Waals surface area contributed by atoms with Crippen molar-refractivity contribution in [2.24, 2.45) is 0 Å². The third-order valence-electron chi connectivity index (χ3n) is 4.20. The lowest BCUT2D eigenvalue weighted by molar-refractivity contribution is 0.504. The van der Waals surface area contributed by atoms with E-state index in [1.54, 1.807) is 24.4 Å². The molecule has 25 heavy (non-hydrogen) atoms. The number of hydrogen-bond acceptors (Lipinski definition) is 2. The van der Waals surface area contributed by atoms with E-state index in [0.29, 0.717) is 0 Å². The molecule has 3 aromatic rings. The highest BCUT2D eigenvalue weighted by Gasteiger charge is 2.27. The summed E-state index contributed by atoms with van der Waals surface area (Å²) in [6, 6.07) is 10.8. The van der Waals surface area contributed by atoms with Crippen molar-refractivity contribution >= 4 is 32.5 Å². The van der Waals surface area contributed by atoms with Crippen molar-refractivity contribution in [3.63, 3.8) is 0 Å². The van der Waals surface area contributed by atoms with Gasteiger partial charge in [0, 0.05) is 29.1 Å². The Morgan fingerprint density at radius 1 is 1.20 bits per heavy atom. The molecule has 0 amide bonds. The smallest absolute Gasteiger partial charge is 0.242 e. The molecule has 132 valence electrons. The maximum atomic E-state index is 13.6. The molecule has 0 saturated heterocycles. The largest absolute Gasteiger partial charge is 0.361 e. The van der Waals surface area contributed by atoms with Gasteiger partial charge in [0.25, 0.3) is 0 Å². The Kier molecular flexibility index (Phi) is 4.62. The van der Waals surface area contributed by atoms with Gasteiger partial charge in [0.05, 0.1) is 5.02 Å². The fourth-order valence-electron chi connectivity index (χ4n) is 2.76. The summed E-state index contributed by atoms with van der Waals surface area (Å²) in [6.45, 7) is 3.94. The first-order chi connectivity index (χ1) is 11.7. The van der Waals surface area contributed by atoms with Gasteiger partial charge >= 0.3 is 0 Å². The zero-order chi connectivity index (χ0) is 18.2. The molecule has 0 saturated carbocycles. The minimum atomic E-state index is -3.74. The molecule has 2 N–H and O–H groups in total. The first kappa shape index (κ1) is 17.9. The number of sulfonamides is 1. The number of rotatable bonds is 5. The van der Waals surface area contributed by atoms with Gasteiger partial charge in [-0.05, 0) is 35.9 Å². The molecule has 0 bridgehead atoms. The maximum absolute atomic E-state index is 13.6. The molecule has 0 spiro atoms. The van der Waals surface area contributed by atoms with Crippen LogP contribution in [0, 0.1) is 5.82 Å². The van der Waals surface area contributed by atoms with Gasteiger partial charge in [0.1, 0.15) is 10.7 Å². The molecule has 4 nitrogen and oxygen atoms in total. The highest BCUT2D eigenvalue weighted by Crippen LogP contribution is 2.31. The molecular formula is C18H18ClFN2O2S. The standard InChI is InChI=1S/C18H18ClFN2O2S/c1-18(2,14-10-21-16-8-7-12(20)9-13(14)16)11-22-25(23,24)17-6-4-3-5-15(17)19/h3-10,21-22H,11H2,1-2H3. The van der Waals surface area contributed by atoms with Crippen LogP contribution in [0.1, 0.15) is 19.4 Å². The number of H-pyrrole nitrogens is 1. The van der Waals surface area contributed by atoms with Crippen LogP contribution in [0.5, 0.6) is 0 Å². The number of benzene rings is 2. The van der Waals surface area contributed by atoms with Crippen LogP contribution in [-0.4, -0.2) is 19.9 Å². The Hall–Kier alpha value is -1.89. The highest BCUT2D eigenvalue weighted by molar-refractivity contribution is 7.89. The number of aromatic nitrogens is 1. The van der Waals surface area contributed by atoms with Crippen molar-refractivity contribution < 1.29 is 12.8 Å². The molecule has 7 heteroatoms. The number of fused-ring (bicyclic) bond motifs is 1. The fourth-order valence-corrected chi connectivity index (χ4v) is 4.49. The number of aromatic amines is 1. The van der Waals surface area contributed by atoms with Gasteiger partial charge < -0.3 is 4.98 Å². The Labute approximate surface area is 151 Å². The van der Waals surface area contributed by atoms with E-state index in [0.717, 1.165) is 16.5 Å². The van der Waals surface area contributed by atoms with Crippen LogP contribution in [-0.2, 0) is 15.4 Å². The molecule has 0 unspecified atom stereocenters. The molecule has 0 aliphatic heterocycles. The van der Waals surface area contributed by atoms with Crippen LogP contribution < -0.4 is 4.72 Å². The average Bonchev–Trinajstić information content (AvgIpc) is 2.97. The van der Waals surface area contributed by atoms with Crippen LogP contribution in [0.25, 0.3) is 10.9 Å². The van der Waals surface area contributed by atoms with E-state index in [4.69, 9.17) is 11.6 Å². The lowest BCUT2D eigenvalue weighted by Crippen LogP contribution is -2.36. The summed E-state index contributed by atoms with van der Waals surface area (Å²) in [5.74, 6) is -0.333. The topological polar surface area (TPSA) is 62.0 Å². The van der Waals surface area contributed by atoms with E-state index in [1.165, 1.54) is 24.3 Å². The number of halogens is 2. The van der Waals surface area contributed by atoms with E-state index in [1.807, 2.05) is 13.8 Å². The average molecular weight is 381 g/mol. The van der Waals surface area contributed by atoms with Crippen LogP contribution in [0.4, 0.5) is 4.39 Å². The molecular weight excluding hydrogens is 363 g/mol. The molecule has 0 radical (unpaired) electrons. The molecule has 1 aromatic heterocycles.